The Balaban J connectivity index is 1.67. The molecule has 4 heteroatoms. The number of piperazine rings is 1. The van der Waals surface area contributed by atoms with Crippen molar-refractivity contribution < 1.29 is 0 Å². The van der Waals surface area contributed by atoms with Crippen LogP contribution < -0.4 is 5.32 Å². The summed E-state index contributed by atoms with van der Waals surface area (Å²) >= 11 is 3.50. The molecular formula is C17H28BrN3. The summed E-state index contributed by atoms with van der Waals surface area (Å²) in [5.41, 5.74) is 1.39. The molecule has 1 N–H and O–H groups in total. The molecular weight excluding hydrogens is 326 g/mol. The molecule has 0 radical (unpaired) electrons. The fraction of sp³-hybridized carbons (Fsp3) is 0.647. The Kier molecular flexibility index (Phi) is 7.17. The molecule has 1 atom stereocenters. The van der Waals surface area contributed by atoms with Gasteiger partial charge in [-0.25, -0.2) is 0 Å². The SMILES string of the molecule is CCC(NCCCN1CCN(C)CC1)c1ccc(Br)cc1. The van der Waals surface area contributed by atoms with Gasteiger partial charge in [0.25, 0.3) is 0 Å². The summed E-state index contributed by atoms with van der Waals surface area (Å²) in [6.07, 6.45) is 2.37. The van der Waals surface area contributed by atoms with Gasteiger partial charge in [0, 0.05) is 36.7 Å². The summed E-state index contributed by atoms with van der Waals surface area (Å²) in [4.78, 5) is 5.00. The highest BCUT2D eigenvalue weighted by atomic mass is 79.9. The van der Waals surface area contributed by atoms with Gasteiger partial charge in [0.2, 0.25) is 0 Å². The Morgan fingerprint density at radius 1 is 1.14 bits per heavy atom. The average molecular weight is 354 g/mol. The maximum atomic E-state index is 3.70. The van der Waals surface area contributed by atoms with Gasteiger partial charge >= 0.3 is 0 Å². The van der Waals surface area contributed by atoms with E-state index in [9.17, 15) is 0 Å². The molecule has 0 amide bonds. The molecule has 1 aliphatic rings. The molecule has 0 aromatic heterocycles. The van der Waals surface area contributed by atoms with Crippen molar-refractivity contribution in [3.63, 3.8) is 0 Å². The Labute approximate surface area is 137 Å². The summed E-state index contributed by atoms with van der Waals surface area (Å²) in [6.45, 7) is 9.44. The number of rotatable bonds is 7. The third-order valence-corrected chi connectivity index (χ3v) is 4.85. The molecule has 0 bridgehead atoms. The molecule has 3 nitrogen and oxygen atoms in total. The number of nitrogens with one attached hydrogen (secondary N) is 1. The van der Waals surface area contributed by atoms with Crippen molar-refractivity contribution in [3.8, 4) is 0 Å². The van der Waals surface area contributed by atoms with E-state index < -0.39 is 0 Å². The molecule has 2 rings (SSSR count). The monoisotopic (exact) mass is 353 g/mol. The van der Waals surface area contributed by atoms with Crippen LogP contribution in [-0.4, -0.2) is 56.1 Å². The van der Waals surface area contributed by atoms with Gasteiger partial charge in [-0.05, 0) is 50.7 Å². The molecule has 1 aromatic carbocycles. The van der Waals surface area contributed by atoms with Gasteiger partial charge in [0.15, 0.2) is 0 Å². The molecule has 0 spiro atoms. The number of hydrogen-bond acceptors (Lipinski definition) is 3. The molecule has 0 saturated carbocycles. The van der Waals surface area contributed by atoms with Crippen molar-refractivity contribution in [3.05, 3.63) is 34.3 Å². The van der Waals surface area contributed by atoms with Gasteiger partial charge in [0.1, 0.15) is 0 Å². The van der Waals surface area contributed by atoms with Gasteiger partial charge in [-0.1, -0.05) is 35.0 Å². The molecule has 1 aliphatic heterocycles. The van der Waals surface area contributed by atoms with E-state index in [0.29, 0.717) is 6.04 Å². The summed E-state index contributed by atoms with van der Waals surface area (Å²) in [5.74, 6) is 0. The van der Waals surface area contributed by atoms with Gasteiger partial charge in [-0.3, -0.25) is 0 Å². The van der Waals surface area contributed by atoms with Crippen LogP contribution in [0, 0.1) is 0 Å². The van der Waals surface area contributed by atoms with E-state index in [1.807, 2.05) is 0 Å². The van der Waals surface area contributed by atoms with Crippen LogP contribution in [-0.2, 0) is 0 Å². The van der Waals surface area contributed by atoms with Crippen molar-refractivity contribution in [2.45, 2.75) is 25.8 Å². The second kappa shape index (κ2) is 8.89. The first-order valence-corrected chi connectivity index (χ1v) is 8.88. The highest BCUT2D eigenvalue weighted by Gasteiger charge is 2.13. The topological polar surface area (TPSA) is 18.5 Å². The Morgan fingerprint density at radius 2 is 1.81 bits per heavy atom. The number of likely N-dealkylation sites (N-methyl/N-ethyl adjacent to an activating group) is 1. The summed E-state index contributed by atoms with van der Waals surface area (Å²) in [7, 11) is 2.21. The Bertz CT molecular complexity index is 399. The van der Waals surface area contributed by atoms with Gasteiger partial charge in [0.05, 0.1) is 0 Å². The lowest BCUT2D eigenvalue weighted by molar-refractivity contribution is 0.152. The highest BCUT2D eigenvalue weighted by molar-refractivity contribution is 9.10. The van der Waals surface area contributed by atoms with Crippen LogP contribution in [0.2, 0.25) is 0 Å². The quantitative estimate of drug-likeness (QED) is 0.759. The van der Waals surface area contributed by atoms with E-state index in [1.165, 1.54) is 44.7 Å². The highest BCUT2D eigenvalue weighted by Crippen LogP contribution is 2.19. The minimum absolute atomic E-state index is 0.477. The fourth-order valence-electron chi connectivity index (χ4n) is 2.84. The molecule has 118 valence electrons. The van der Waals surface area contributed by atoms with Crippen LogP contribution in [0.5, 0.6) is 0 Å². The van der Waals surface area contributed by atoms with Crippen LogP contribution in [0.25, 0.3) is 0 Å². The Morgan fingerprint density at radius 3 is 2.43 bits per heavy atom. The van der Waals surface area contributed by atoms with Crippen molar-refractivity contribution in [1.82, 2.24) is 15.1 Å². The zero-order valence-corrected chi connectivity index (χ0v) is 14.9. The fourth-order valence-corrected chi connectivity index (χ4v) is 3.11. The van der Waals surface area contributed by atoms with Crippen molar-refractivity contribution in [1.29, 1.82) is 0 Å². The van der Waals surface area contributed by atoms with Crippen LogP contribution >= 0.6 is 15.9 Å². The second-order valence-corrected chi connectivity index (χ2v) is 6.88. The Hall–Kier alpha value is -0.420. The standard InChI is InChI=1S/C17H28BrN3/c1-3-17(15-5-7-16(18)8-6-15)19-9-4-10-21-13-11-20(2)12-14-21/h5-8,17,19H,3-4,9-14H2,1-2H3. The number of hydrogen-bond donors (Lipinski definition) is 1. The maximum Gasteiger partial charge on any atom is 0.0317 e. The third kappa shape index (κ3) is 5.70. The van der Waals surface area contributed by atoms with Gasteiger partial charge < -0.3 is 15.1 Å². The number of nitrogens with zero attached hydrogens (tertiary/aromatic N) is 2. The molecule has 1 unspecified atom stereocenters. The third-order valence-electron chi connectivity index (χ3n) is 4.32. The number of halogens is 1. The largest absolute Gasteiger partial charge is 0.310 e. The zero-order valence-electron chi connectivity index (χ0n) is 13.3. The molecule has 1 fully saturated rings. The van der Waals surface area contributed by atoms with E-state index >= 15 is 0 Å². The molecule has 1 saturated heterocycles. The van der Waals surface area contributed by atoms with Crippen LogP contribution in [0.1, 0.15) is 31.4 Å². The summed E-state index contributed by atoms with van der Waals surface area (Å²) < 4.78 is 1.15. The van der Waals surface area contributed by atoms with E-state index in [1.54, 1.807) is 0 Å². The van der Waals surface area contributed by atoms with Crippen molar-refractivity contribution >= 4 is 15.9 Å². The normalized spacial score (nSPS) is 18.8. The lowest BCUT2D eigenvalue weighted by atomic mass is 10.0. The lowest BCUT2D eigenvalue weighted by Gasteiger charge is -2.32. The van der Waals surface area contributed by atoms with E-state index in [2.05, 4.69) is 69.3 Å². The first kappa shape index (κ1) is 16.9. The predicted octanol–water partition coefficient (Wildman–Crippen LogP) is 3.13. The average Bonchev–Trinajstić information content (AvgIpc) is 2.50. The van der Waals surface area contributed by atoms with Gasteiger partial charge in [-0.15, -0.1) is 0 Å². The molecule has 21 heavy (non-hydrogen) atoms. The smallest absolute Gasteiger partial charge is 0.0317 e. The first-order valence-electron chi connectivity index (χ1n) is 8.08. The van der Waals surface area contributed by atoms with Gasteiger partial charge in [-0.2, -0.15) is 0 Å². The molecule has 1 aromatic rings. The maximum absolute atomic E-state index is 3.70. The number of benzene rings is 1. The van der Waals surface area contributed by atoms with Crippen LogP contribution in [0.3, 0.4) is 0 Å². The lowest BCUT2D eigenvalue weighted by Crippen LogP contribution is -2.45. The van der Waals surface area contributed by atoms with E-state index in [4.69, 9.17) is 0 Å². The van der Waals surface area contributed by atoms with Crippen molar-refractivity contribution in [2.75, 3.05) is 46.3 Å². The van der Waals surface area contributed by atoms with Crippen LogP contribution in [0.15, 0.2) is 28.7 Å². The van der Waals surface area contributed by atoms with Crippen molar-refractivity contribution in [2.24, 2.45) is 0 Å². The zero-order chi connectivity index (χ0) is 15.1. The van der Waals surface area contributed by atoms with E-state index in [0.717, 1.165) is 17.4 Å². The first-order chi connectivity index (χ1) is 10.2. The van der Waals surface area contributed by atoms with E-state index in [-0.39, 0.29) is 0 Å². The molecule has 1 heterocycles. The molecule has 0 aliphatic carbocycles. The summed E-state index contributed by atoms with van der Waals surface area (Å²) in [6, 6.07) is 9.16. The minimum atomic E-state index is 0.477. The summed E-state index contributed by atoms with van der Waals surface area (Å²) in [5, 5.41) is 3.70. The van der Waals surface area contributed by atoms with Crippen LogP contribution in [0.4, 0.5) is 0 Å². The second-order valence-electron chi connectivity index (χ2n) is 5.96. The minimum Gasteiger partial charge on any atom is -0.310 e. The predicted molar refractivity (Wildman–Crippen MR) is 93.7 cm³/mol.